The average molecular weight is 323 g/mol. The van der Waals surface area contributed by atoms with E-state index in [0.29, 0.717) is 12.2 Å². The molecule has 0 bridgehead atoms. The van der Waals surface area contributed by atoms with Gasteiger partial charge in [0.25, 0.3) is 5.91 Å². The summed E-state index contributed by atoms with van der Waals surface area (Å²) < 4.78 is 13.2. The molecule has 2 aromatic carbocycles. The smallest absolute Gasteiger partial charge is 0.275 e. The molecule has 122 valence electrons. The molecule has 4 rings (SSSR count). The number of carbonyl (C=O) groups is 1. The van der Waals surface area contributed by atoms with Gasteiger partial charge in [-0.25, -0.2) is 4.39 Å². The van der Waals surface area contributed by atoms with Gasteiger partial charge < -0.3 is 4.90 Å². The SMILES string of the molecule is Cc1ccc2[nH]nc(C(=O)N3CCCC3c3ccc(F)cc3)c2c1. The van der Waals surface area contributed by atoms with Crippen LogP contribution in [0.15, 0.2) is 42.5 Å². The van der Waals surface area contributed by atoms with Gasteiger partial charge in [-0.1, -0.05) is 23.8 Å². The van der Waals surface area contributed by atoms with Crippen LogP contribution >= 0.6 is 0 Å². The van der Waals surface area contributed by atoms with Crippen molar-refractivity contribution in [2.45, 2.75) is 25.8 Å². The number of likely N-dealkylation sites (tertiary alicyclic amines) is 1. The first-order valence-corrected chi connectivity index (χ1v) is 8.14. The Morgan fingerprint density at radius 3 is 2.83 bits per heavy atom. The first kappa shape index (κ1) is 14.9. The van der Waals surface area contributed by atoms with E-state index in [1.54, 1.807) is 12.1 Å². The molecule has 1 aliphatic rings. The number of rotatable bonds is 2. The second kappa shape index (κ2) is 5.74. The van der Waals surface area contributed by atoms with Gasteiger partial charge in [-0.2, -0.15) is 5.10 Å². The highest BCUT2D eigenvalue weighted by molar-refractivity contribution is 6.05. The van der Waals surface area contributed by atoms with Crippen LogP contribution in [0.2, 0.25) is 0 Å². The monoisotopic (exact) mass is 323 g/mol. The third-order valence-corrected chi connectivity index (χ3v) is 4.69. The number of aromatic amines is 1. The highest BCUT2D eigenvalue weighted by atomic mass is 19.1. The molecular formula is C19H18FN3O. The topological polar surface area (TPSA) is 49.0 Å². The summed E-state index contributed by atoms with van der Waals surface area (Å²) in [5.41, 5.74) is 3.39. The Bertz CT molecular complexity index is 901. The molecule has 2 heterocycles. The Balaban J connectivity index is 1.69. The van der Waals surface area contributed by atoms with E-state index in [1.807, 2.05) is 30.0 Å². The van der Waals surface area contributed by atoms with Crippen molar-refractivity contribution in [2.24, 2.45) is 0 Å². The van der Waals surface area contributed by atoms with E-state index in [1.165, 1.54) is 12.1 Å². The number of amides is 1. The maximum atomic E-state index is 13.2. The molecule has 5 heteroatoms. The molecule has 1 amide bonds. The van der Waals surface area contributed by atoms with Crippen molar-refractivity contribution in [3.63, 3.8) is 0 Å². The third-order valence-electron chi connectivity index (χ3n) is 4.69. The van der Waals surface area contributed by atoms with Crippen molar-refractivity contribution in [1.82, 2.24) is 15.1 Å². The van der Waals surface area contributed by atoms with Crippen LogP contribution in [-0.2, 0) is 0 Å². The van der Waals surface area contributed by atoms with Gasteiger partial charge >= 0.3 is 0 Å². The number of aromatic nitrogens is 2. The number of carbonyl (C=O) groups excluding carboxylic acids is 1. The maximum absolute atomic E-state index is 13.2. The number of benzene rings is 2. The molecule has 1 fully saturated rings. The Kier molecular flexibility index (Phi) is 3.56. The van der Waals surface area contributed by atoms with Crippen LogP contribution in [0.3, 0.4) is 0 Å². The van der Waals surface area contributed by atoms with Gasteiger partial charge in [-0.05, 0) is 49.6 Å². The minimum atomic E-state index is -0.261. The Hall–Kier alpha value is -2.69. The van der Waals surface area contributed by atoms with Crippen LogP contribution in [0.25, 0.3) is 10.9 Å². The van der Waals surface area contributed by atoms with Gasteiger partial charge in [-0.15, -0.1) is 0 Å². The summed E-state index contributed by atoms with van der Waals surface area (Å²) in [4.78, 5) is 14.9. The highest BCUT2D eigenvalue weighted by Gasteiger charge is 2.32. The fourth-order valence-corrected chi connectivity index (χ4v) is 3.47. The number of hydrogen-bond donors (Lipinski definition) is 1. The number of aryl methyl sites for hydroxylation is 1. The quantitative estimate of drug-likeness (QED) is 0.775. The van der Waals surface area contributed by atoms with Gasteiger partial charge in [-0.3, -0.25) is 9.89 Å². The molecular weight excluding hydrogens is 305 g/mol. The molecule has 1 aromatic heterocycles. The summed E-state index contributed by atoms with van der Waals surface area (Å²) in [5.74, 6) is -0.331. The van der Waals surface area contributed by atoms with Crippen LogP contribution in [0, 0.1) is 12.7 Å². The number of halogens is 1. The molecule has 3 aromatic rings. The third kappa shape index (κ3) is 2.46. The fraction of sp³-hybridized carbons (Fsp3) is 0.263. The summed E-state index contributed by atoms with van der Waals surface area (Å²) in [6, 6.07) is 12.3. The van der Waals surface area contributed by atoms with Crippen molar-refractivity contribution >= 4 is 16.8 Å². The van der Waals surface area contributed by atoms with E-state index in [-0.39, 0.29) is 17.8 Å². The fourth-order valence-electron chi connectivity index (χ4n) is 3.47. The second-order valence-electron chi connectivity index (χ2n) is 6.33. The molecule has 0 radical (unpaired) electrons. The van der Waals surface area contributed by atoms with Gasteiger partial charge in [0.05, 0.1) is 11.6 Å². The maximum Gasteiger partial charge on any atom is 0.275 e. The Labute approximate surface area is 139 Å². The van der Waals surface area contributed by atoms with Gasteiger partial charge in [0.2, 0.25) is 0 Å². The van der Waals surface area contributed by atoms with Crippen LogP contribution in [0.5, 0.6) is 0 Å². The Morgan fingerprint density at radius 2 is 2.04 bits per heavy atom. The van der Waals surface area contributed by atoms with E-state index >= 15 is 0 Å². The van der Waals surface area contributed by atoms with Crippen LogP contribution in [-0.4, -0.2) is 27.5 Å². The molecule has 4 nitrogen and oxygen atoms in total. The summed E-state index contributed by atoms with van der Waals surface area (Å²) >= 11 is 0. The number of nitrogens with one attached hydrogen (secondary N) is 1. The molecule has 1 aliphatic heterocycles. The summed E-state index contributed by atoms with van der Waals surface area (Å²) in [5, 5.41) is 8.03. The van der Waals surface area contributed by atoms with Gasteiger partial charge in [0.15, 0.2) is 5.69 Å². The lowest BCUT2D eigenvalue weighted by molar-refractivity contribution is 0.0731. The normalized spacial score (nSPS) is 17.6. The average Bonchev–Trinajstić information content (AvgIpc) is 3.21. The van der Waals surface area contributed by atoms with E-state index in [4.69, 9.17) is 0 Å². The van der Waals surface area contributed by atoms with Crippen LogP contribution < -0.4 is 0 Å². The molecule has 0 spiro atoms. The predicted molar refractivity (Wildman–Crippen MR) is 90.2 cm³/mol. The Morgan fingerprint density at radius 1 is 1.25 bits per heavy atom. The minimum absolute atomic E-state index is 0.0188. The molecule has 24 heavy (non-hydrogen) atoms. The van der Waals surface area contributed by atoms with Crippen LogP contribution in [0.1, 0.15) is 40.5 Å². The number of hydrogen-bond acceptors (Lipinski definition) is 2. The van der Waals surface area contributed by atoms with Crippen molar-refractivity contribution in [1.29, 1.82) is 0 Å². The van der Waals surface area contributed by atoms with Crippen molar-refractivity contribution < 1.29 is 9.18 Å². The van der Waals surface area contributed by atoms with Crippen LogP contribution in [0.4, 0.5) is 4.39 Å². The van der Waals surface area contributed by atoms with E-state index in [2.05, 4.69) is 10.2 Å². The highest BCUT2D eigenvalue weighted by Crippen LogP contribution is 2.34. The molecule has 1 atom stereocenters. The summed E-state index contributed by atoms with van der Waals surface area (Å²) in [7, 11) is 0. The molecule has 1 unspecified atom stereocenters. The minimum Gasteiger partial charge on any atom is -0.330 e. The van der Waals surface area contributed by atoms with E-state index in [9.17, 15) is 9.18 Å². The lowest BCUT2D eigenvalue weighted by Gasteiger charge is -2.24. The number of H-pyrrole nitrogens is 1. The summed E-state index contributed by atoms with van der Waals surface area (Å²) in [6.45, 7) is 2.69. The molecule has 1 saturated heterocycles. The molecule has 0 saturated carbocycles. The van der Waals surface area contributed by atoms with Crippen molar-refractivity contribution in [2.75, 3.05) is 6.54 Å². The molecule has 0 aliphatic carbocycles. The summed E-state index contributed by atoms with van der Waals surface area (Å²) in [6.07, 6.45) is 1.83. The molecule has 1 N–H and O–H groups in total. The predicted octanol–water partition coefficient (Wildman–Crippen LogP) is 3.99. The first-order valence-electron chi connectivity index (χ1n) is 8.14. The van der Waals surface area contributed by atoms with E-state index < -0.39 is 0 Å². The van der Waals surface area contributed by atoms with Gasteiger partial charge in [0, 0.05) is 11.9 Å². The van der Waals surface area contributed by atoms with Crippen molar-refractivity contribution in [3.8, 4) is 0 Å². The number of fused-ring (bicyclic) bond motifs is 1. The lowest BCUT2D eigenvalue weighted by Crippen LogP contribution is -2.31. The zero-order valence-corrected chi connectivity index (χ0v) is 13.4. The zero-order valence-electron chi connectivity index (χ0n) is 13.4. The van der Waals surface area contributed by atoms with Crippen molar-refractivity contribution in [3.05, 3.63) is 65.1 Å². The second-order valence-corrected chi connectivity index (χ2v) is 6.33. The zero-order chi connectivity index (χ0) is 16.7. The number of nitrogens with zero attached hydrogens (tertiary/aromatic N) is 2. The standard InChI is InChI=1S/C19H18FN3O/c1-12-4-9-16-15(11-12)18(22-21-16)19(24)23-10-2-3-17(23)13-5-7-14(20)8-6-13/h4-9,11,17H,2-3,10H2,1H3,(H,21,22). The lowest BCUT2D eigenvalue weighted by atomic mass is 10.0. The van der Waals surface area contributed by atoms with Gasteiger partial charge in [0.1, 0.15) is 5.82 Å². The largest absolute Gasteiger partial charge is 0.330 e. The van der Waals surface area contributed by atoms with E-state index in [0.717, 1.165) is 34.9 Å². The first-order chi connectivity index (χ1) is 11.6.